The maximum atomic E-state index is 14.6. The molecular formula is C61H84N14O42S8. The lowest BCUT2D eigenvalue weighted by Gasteiger charge is -2.29. The molecule has 0 aliphatic rings. The van der Waals surface area contributed by atoms with E-state index in [1.165, 1.54) is 0 Å². The molecule has 125 heavy (non-hydrogen) atoms. The summed E-state index contributed by atoms with van der Waals surface area (Å²) in [6.45, 7) is -8.29. The number of amides is 12. The van der Waals surface area contributed by atoms with E-state index >= 15 is 0 Å². The van der Waals surface area contributed by atoms with Gasteiger partial charge in [-0.05, 0) is 94.5 Å². The molecule has 0 fully saturated rings. The van der Waals surface area contributed by atoms with Crippen molar-refractivity contribution in [3.8, 4) is 0 Å². The number of hydrogen-bond acceptors (Lipinski definition) is 37. The number of aliphatic carboxylic acids is 15. The third-order valence-corrected chi connectivity index (χ3v) is 23.7. The highest BCUT2D eigenvalue weighted by atomic mass is 33.1. The summed E-state index contributed by atoms with van der Waals surface area (Å²) in [5.74, 6) is -38.3. The molecule has 0 aliphatic heterocycles. The van der Waals surface area contributed by atoms with Crippen LogP contribution >= 0.6 is 86.4 Å². The van der Waals surface area contributed by atoms with Crippen LogP contribution in [0.5, 0.6) is 0 Å². The van der Waals surface area contributed by atoms with Crippen molar-refractivity contribution in [2.24, 2.45) is 0 Å². The molecule has 27 N–H and O–H groups in total. The van der Waals surface area contributed by atoms with Gasteiger partial charge >= 0.3 is 89.5 Å². The van der Waals surface area contributed by atoms with Crippen LogP contribution in [0.15, 0.2) is 0 Å². The Hall–Kier alpha value is -11.6. The van der Waals surface area contributed by atoms with Gasteiger partial charge in [-0.25, -0.2) is 33.6 Å². The van der Waals surface area contributed by atoms with Gasteiger partial charge in [-0.15, -0.1) is 0 Å². The van der Waals surface area contributed by atoms with E-state index in [1.807, 2.05) is 53.2 Å². The number of rotatable bonds is 66. The predicted molar refractivity (Wildman–Crippen MR) is 428 cm³/mol. The number of carboxylic acid groups (broad SMARTS) is 15. The fraction of sp³-hybridized carbons (Fsp3) is 0.557. The maximum Gasteiger partial charge on any atom is 0.326 e. The third kappa shape index (κ3) is 53.9. The van der Waals surface area contributed by atoms with Crippen molar-refractivity contribution in [1.29, 1.82) is 0 Å². The predicted octanol–water partition coefficient (Wildman–Crippen LogP) is -4.72. The summed E-state index contributed by atoms with van der Waals surface area (Å²) in [5, 5.41) is 152. The minimum absolute atomic E-state index is 0.0491. The Morgan fingerprint density at radius 3 is 0.576 bits per heavy atom. The lowest BCUT2D eigenvalue weighted by molar-refractivity contribution is -0.144. The van der Waals surface area contributed by atoms with Gasteiger partial charge in [0.25, 0.3) is 44.6 Å². The van der Waals surface area contributed by atoms with Gasteiger partial charge < -0.3 is 140 Å². The lowest BCUT2D eigenvalue weighted by atomic mass is 10.1. The average molecular weight is 1940 g/mol. The second-order valence-corrected chi connectivity index (χ2v) is 33.8. The molecule has 0 saturated heterocycles. The van der Waals surface area contributed by atoms with E-state index in [9.17, 15) is 186 Å². The number of carboxylic acids is 15. The summed E-state index contributed by atoms with van der Waals surface area (Å²) in [4.78, 5) is 345. The molecule has 0 aromatic carbocycles. The molecule has 0 heterocycles. The minimum Gasteiger partial charge on any atom is -0.481 e. The highest BCUT2D eigenvalue weighted by Gasteiger charge is 2.37. The van der Waals surface area contributed by atoms with E-state index in [-0.39, 0.29) is 99.3 Å². The van der Waals surface area contributed by atoms with Crippen LogP contribution < -0.4 is 63.8 Å². The van der Waals surface area contributed by atoms with Gasteiger partial charge in [-0.1, -0.05) is 0 Å². The molecule has 0 bridgehead atoms. The summed E-state index contributed by atoms with van der Waals surface area (Å²) in [6, 6.07) is -14.5. The van der Waals surface area contributed by atoms with Crippen LogP contribution in [0.1, 0.15) is 103 Å². The smallest absolute Gasteiger partial charge is 0.326 e. The van der Waals surface area contributed by atoms with E-state index in [0.717, 1.165) is 0 Å². The van der Waals surface area contributed by atoms with E-state index in [1.54, 1.807) is 0 Å². The average Bonchev–Trinajstić information content (AvgIpc) is 0.878. The first-order valence-electron chi connectivity index (χ1n) is 35.0. The van der Waals surface area contributed by atoms with Crippen LogP contribution in [-0.4, -0.2) is 354 Å². The molecule has 11 atom stereocenters. The first-order valence-corrected chi connectivity index (χ1v) is 43.8. The van der Waals surface area contributed by atoms with Crippen LogP contribution in [-0.2, 0) is 110 Å². The monoisotopic (exact) mass is 1940 g/mol. The number of carbonyl (C=O) groups excluding carboxylic acids is 12. The third-order valence-electron chi connectivity index (χ3n) is 14.8. The van der Waals surface area contributed by atoms with Gasteiger partial charge in [-0.2, -0.15) is 0 Å². The Bertz CT molecular complexity index is 3840. The van der Waals surface area contributed by atoms with E-state index in [4.69, 9.17) is 20.4 Å². The Kier molecular flexibility index (Phi) is 55.2. The lowest BCUT2D eigenvalue weighted by Crippen LogP contribution is -2.55. The van der Waals surface area contributed by atoms with Crippen LogP contribution in [0.3, 0.4) is 0 Å². The Labute approximate surface area is 732 Å². The van der Waals surface area contributed by atoms with Crippen molar-refractivity contribution in [3.63, 3.8) is 0 Å². The summed E-state index contributed by atoms with van der Waals surface area (Å²) < 4.78 is 0. The van der Waals surface area contributed by atoms with E-state index in [2.05, 4.69) is 10.6 Å². The normalized spacial score (nSPS) is 13.5. The molecule has 0 aromatic heterocycles. The van der Waals surface area contributed by atoms with Crippen molar-refractivity contribution < 1.29 is 206 Å². The summed E-state index contributed by atoms with van der Waals surface area (Å²) >= 11 is 0. The van der Waals surface area contributed by atoms with Crippen molar-refractivity contribution in [2.75, 3.05) is 45.8 Å². The van der Waals surface area contributed by atoms with Gasteiger partial charge in [-0.3, -0.25) is 106 Å². The van der Waals surface area contributed by atoms with Crippen LogP contribution in [0.4, 0.5) is 19.2 Å². The molecule has 11 unspecified atom stereocenters. The van der Waals surface area contributed by atoms with E-state index in [0.29, 0.717) is 9.80 Å². The van der Waals surface area contributed by atoms with Crippen LogP contribution in [0.25, 0.3) is 0 Å². The van der Waals surface area contributed by atoms with Crippen molar-refractivity contribution in [2.45, 2.75) is 167 Å². The number of nitrogens with one attached hydrogen (secondary N) is 12. The molecule has 0 radical (unpaired) electrons. The second-order valence-electron chi connectivity index (χ2n) is 24.7. The number of carbonyl (C=O) groups is 27. The Morgan fingerprint density at radius 2 is 0.400 bits per heavy atom. The molecule has 0 aliphatic carbocycles. The molecule has 698 valence electrons. The number of hydrogen-bond donors (Lipinski definition) is 27. The van der Waals surface area contributed by atoms with Gasteiger partial charge in [0.1, 0.15) is 42.3 Å². The topological polar surface area (TPSA) is 915 Å². The Balaban J connectivity index is 9.14. The minimum atomic E-state index is -2.37. The number of nitrogens with zero attached hydrogens (tertiary/aromatic N) is 2. The van der Waals surface area contributed by atoms with Crippen molar-refractivity contribution >= 4 is 244 Å². The van der Waals surface area contributed by atoms with Crippen LogP contribution in [0.2, 0.25) is 0 Å². The van der Waals surface area contributed by atoms with E-state index < -0.39 is 357 Å². The van der Waals surface area contributed by atoms with Crippen molar-refractivity contribution in [1.82, 2.24) is 73.6 Å². The molecule has 0 rings (SSSR count). The highest BCUT2D eigenvalue weighted by Crippen LogP contribution is 2.31. The first kappa shape index (κ1) is 113. The molecule has 0 spiro atoms. The zero-order chi connectivity index (χ0) is 95.5. The molecule has 0 aromatic rings. The summed E-state index contributed by atoms with van der Waals surface area (Å²) in [6.07, 6.45) is -13.0. The quantitative estimate of drug-likeness (QED) is 0.0155. The fourth-order valence-electron chi connectivity index (χ4n) is 8.82. The largest absolute Gasteiger partial charge is 0.481 e. The molecule has 0 saturated carbocycles. The SMILES string of the molecule is O=C(O)CCCNC(=O)SSC(NC(=O)CN(CCN(CC(=O)NC(SSC(=O)NC(CCC(=O)O)C(=O)O)C(=O)NC(CCC(=O)O)C(=O)O)CC(=O)NC(SSC(=O)NC(CCC(=O)O)C(=O)O)C(=O)NC(CCC(=O)O)C(=O)O)CC(=O)NC(SSC(=O)NC(CCC(=O)O)C(=O)O)C(=O)NC(CCC(=O)O)C(=O)O)C(=O)NC(CCC(=O)O)C(=O)O. The molecule has 12 amide bonds. The zero-order valence-electron chi connectivity index (χ0n) is 64.0. The summed E-state index contributed by atoms with van der Waals surface area (Å²) in [7, 11) is -0.377. The van der Waals surface area contributed by atoms with Gasteiger partial charge in [0.05, 0.1) is 26.2 Å². The van der Waals surface area contributed by atoms with Gasteiger partial charge in [0, 0.05) is 114 Å². The molecular weight excluding hydrogens is 1860 g/mol. The fourth-order valence-corrected chi connectivity index (χ4v) is 16.1. The van der Waals surface area contributed by atoms with Gasteiger partial charge in [0.2, 0.25) is 23.6 Å². The zero-order valence-corrected chi connectivity index (χ0v) is 70.5. The highest BCUT2D eigenvalue weighted by molar-refractivity contribution is 8.83. The summed E-state index contributed by atoms with van der Waals surface area (Å²) in [5.41, 5.74) is 0. The second kappa shape index (κ2) is 60.9. The molecule has 64 heteroatoms. The van der Waals surface area contributed by atoms with Crippen LogP contribution in [0, 0.1) is 0 Å². The van der Waals surface area contributed by atoms with Crippen molar-refractivity contribution in [3.05, 3.63) is 0 Å². The van der Waals surface area contributed by atoms with Gasteiger partial charge in [0.15, 0.2) is 21.5 Å². The first-order chi connectivity index (χ1) is 58.3. The molecule has 56 nitrogen and oxygen atoms in total. The standard InChI is InChI=1S/C61H84N14O42S8/c76-31(70-47(118-122-58(114)62-17-1-2-35(80)81)43(96)63-24(51(100)101)3-10-36(82)83)20-74(21-32(77)71-48(44(97)64-25(52(102)103)4-11-37(84)85)119-123-59(115)67-28(55(108)109)7-14-40(90)91)18-19-75(22-33(78)72-49(45(98)65-26(53(104)105)5-12-38(86)87)120-124-60(116)68-29(56(110)111)8-15-41(92)93)23-34(79)73-50(46(99)66-27(54(106)107)6-13-39(88)89)121-125-61(117)69-30(57(112)113)9-16-42(94)95/h24-30,47-50H,1-23H2,(H,62,114)(H,63,96)(H,64,97)(H,65,98)(H,66,99)(H,67,115)(H,68,116)(H,69,117)(H,70,76)(H,71,77)(H,72,78)(H,73,79)(H,80,81)(H,82,83)(H,84,85)(H,86,87)(H,88,89)(H,90,91)(H,92,93)(H,94,95)(H,100,101)(H,102,103)(H,104,105)(H,106,107)(H,108,109)(H,110,111)(H,112,113). The Morgan fingerprint density at radius 1 is 0.224 bits per heavy atom. The maximum absolute atomic E-state index is 14.6.